The zero-order valence-corrected chi connectivity index (χ0v) is 8.88. The molecule has 3 nitrogen and oxygen atoms in total. The topological polar surface area (TPSA) is 43.4 Å². The van der Waals surface area contributed by atoms with Gasteiger partial charge in [0.15, 0.2) is 0 Å². The number of esters is 2. The number of hydrogen-bond acceptors (Lipinski definition) is 3. The van der Waals surface area contributed by atoms with Gasteiger partial charge in [0.2, 0.25) is 5.92 Å². The summed E-state index contributed by atoms with van der Waals surface area (Å²) in [5.74, 6) is -3.62. The molecule has 16 heavy (non-hydrogen) atoms. The van der Waals surface area contributed by atoms with Crippen LogP contribution in [0.2, 0.25) is 0 Å². The van der Waals surface area contributed by atoms with Crippen molar-refractivity contribution in [2.24, 2.45) is 11.8 Å². The van der Waals surface area contributed by atoms with Gasteiger partial charge in [0.05, 0.1) is 0 Å². The van der Waals surface area contributed by atoms with Gasteiger partial charge in [0, 0.05) is 25.7 Å². The van der Waals surface area contributed by atoms with Crippen molar-refractivity contribution in [1.82, 2.24) is 0 Å². The van der Waals surface area contributed by atoms with E-state index in [0.717, 1.165) is 0 Å². The minimum absolute atomic E-state index is 0.0661. The fourth-order valence-electron chi connectivity index (χ4n) is 2.58. The van der Waals surface area contributed by atoms with E-state index in [1.807, 2.05) is 0 Å². The van der Waals surface area contributed by atoms with Gasteiger partial charge in [0.1, 0.15) is 0 Å². The van der Waals surface area contributed by atoms with E-state index in [4.69, 9.17) is 0 Å². The molecule has 0 atom stereocenters. The molecule has 90 valence electrons. The highest BCUT2D eigenvalue weighted by molar-refractivity contribution is 5.88. The van der Waals surface area contributed by atoms with Crippen LogP contribution in [-0.2, 0) is 14.3 Å². The third-order valence-corrected chi connectivity index (χ3v) is 3.51. The maximum atomic E-state index is 12.9. The summed E-state index contributed by atoms with van der Waals surface area (Å²) in [5.41, 5.74) is 0. The van der Waals surface area contributed by atoms with Crippen molar-refractivity contribution in [2.75, 3.05) is 0 Å². The first-order chi connectivity index (χ1) is 7.46. The Morgan fingerprint density at radius 1 is 1.00 bits per heavy atom. The predicted octanol–water partition coefficient (Wildman–Crippen LogP) is 2.29. The van der Waals surface area contributed by atoms with Crippen molar-refractivity contribution in [3.05, 3.63) is 0 Å². The first-order valence-electron chi connectivity index (χ1n) is 5.58. The van der Waals surface area contributed by atoms with Crippen molar-refractivity contribution in [3.8, 4) is 0 Å². The molecule has 2 fully saturated rings. The van der Waals surface area contributed by atoms with E-state index in [9.17, 15) is 18.4 Å². The minimum Gasteiger partial charge on any atom is -0.393 e. The molecule has 0 N–H and O–H groups in total. The molecule has 2 rings (SSSR count). The van der Waals surface area contributed by atoms with E-state index in [1.54, 1.807) is 0 Å². The van der Waals surface area contributed by atoms with Crippen LogP contribution in [-0.4, -0.2) is 17.9 Å². The molecule has 0 amide bonds. The summed E-state index contributed by atoms with van der Waals surface area (Å²) in [6.07, 6.45) is 0.940. The summed E-state index contributed by atoms with van der Waals surface area (Å²) >= 11 is 0. The molecule has 5 heteroatoms. The molecule has 1 aliphatic heterocycles. The largest absolute Gasteiger partial charge is 0.393 e. The van der Waals surface area contributed by atoms with Gasteiger partial charge in [-0.25, -0.2) is 8.78 Å². The molecule has 0 spiro atoms. The van der Waals surface area contributed by atoms with Crippen molar-refractivity contribution in [3.63, 3.8) is 0 Å². The van der Waals surface area contributed by atoms with Crippen molar-refractivity contribution < 1.29 is 23.1 Å². The average Bonchev–Trinajstić information content (AvgIpc) is 2.15. The Hall–Kier alpha value is -1.00. The molecule has 0 aromatic rings. The third-order valence-electron chi connectivity index (χ3n) is 3.51. The quantitative estimate of drug-likeness (QED) is 0.514. The van der Waals surface area contributed by atoms with Crippen LogP contribution in [0.3, 0.4) is 0 Å². The number of cyclic esters (lactones) is 2. The van der Waals surface area contributed by atoms with Gasteiger partial charge >= 0.3 is 11.9 Å². The van der Waals surface area contributed by atoms with Crippen LogP contribution in [0, 0.1) is 11.8 Å². The first-order valence-corrected chi connectivity index (χ1v) is 5.58. The fraction of sp³-hybridized carbons (Fsp3) is 0.818. The highest BCUT2D eigenvalue weighted by Crippen LogP contribution is 2.41. The zero-order chi connectivity index (χ0) is 11.8. The Morgan fingerprint density at radius 3 is 2.00 bits per heavy atom. The lowest BCUT2D eigenvalue weighted by molar-refractivity contribution is -0.167. The second-order valence-electron chi connectivity index (χ2n) is 4.71. The van der Waals surface area contributed by atoms with Crippen molar-refractivity contribution in [2.45, 2.75) is 44.4 Å². The molecule has 0 unspecified atom stereocenters. The minimum atomic E-state index is -2.56. The standard InChI is InChI=1S/C11H14F2O3/c12-11(13)3-1-7(2-4-11)8-5-9(14)16-10(15)6-8/h7-8H,1-6H2. The molecule has 2 aliphatic rings. The summed E-state index contributed by atoms with van der Waals surface area (Å²) in [6.45, 7) is 0. The van der Waals surface area contributed by atoms with Crippen LogP contribution >= 0.6 is 0 Å². The van der Waals surface area contributed by atoms with E-state index >= 15 is 0 Å². The van der Waals surface area contributed by atoms with E-state index in [0.29, 0.717) is 12.8 Å². The van der Waals surface area contributed by atoms with Crippen molar-refractivity contribution >= 4 is 11.9 Å². The summed E-state index contributed by atoms with van der Waals surface area (Å²) in [6, 6.07) is 0. The van der Waals surface area contributed by atoms with Crippen molar-refractivity contribution in [1.29, 1.82) is 0 Å². The molecular formula is C11H14F2O3. The normalized spacial score (nSPS) is 27.9. The van der Waals surface area contributed by atoms with Gasteiger partial charge < -0.3 is 4.74 Å². The Kier molecular flexibility index (Phi) is 2.95. The molecule has 1 saturated heterocycles. The molecule has 0 aromatic carbocycles. The number of hydrogen-bond donors (Lipinski definition) is 0. The Balaban J connectivity index is 1.93. The second-order valence-corrected chi connectivity index (χ2v) is 4.71. The SMILES string of the molecule is O=C1CC(C2CCC(F)(F)CC2)CC(=O)O1. The zero-order valence-electron chi connectivity index (χ0n) is 8.88. The number of carbonyl (C=O) groups excluding carboxylic acids is 2. The van der Waals surface area contributed by atoms with Crippen LogP contribution in [0.25, 0.3) is 0 Å². The predicted molar refractivity (Wildman–Crippen MR) is 50.7 cm³/mol. The van der Waals surface area contributed by atoms with Crippen LogP contribution in [0.1, 0.15) is 38.5 Å². The number of halogens is 2. The summed E-state index contributed by atoms with van der Waals surface area (Å²) in [5, 5.41) is 0. The average molecular weight is 232 g/mol. The molecular weight excluding hydrogens is 218 g/mol. The Bertz CT molecular complexity index is 288. The van der Waals surface area contributed by atoms with E-state index in [2.05, 4.69) is 4.74 Å². The molecule has 1 saturated carbocycles. The Morgan fingerprint density at radius 2 is 1.50 bits per heavy atom. The summed E-state index contributed by atoms with van der Waals surface area (Å²) in [4.78, 5) is 22.1. The van der Waals surface area contributed by atoms with E-state index in [-0.39, 0.29) is 37.5 Å². The molecule has 0 bridgehead atoms. The van der Waals surface area contributed by atoms with Gasteiger partial charge in [-0.2, -0.15) is 0 Å². The van der Waals surface area contributed by atoms with Gasteiger partial charge in [-0.1, -0.05) is 0 Å². The van der Waals surface area contributed by atoms with E-state index in [1.165, 1.54) is 0 Å². The molecule has 0 aromatic heterocycles. The summed E-state index contributed by atoms with van der Waals surface area (Å²) in [7, 11) is 0. The fourth-order valence-corrected chi connectivity index (χ4v) is 2.58. The highest BCUT2D eigenvalue weighted by atomic mass is 19.3. The van der Waals surface area contributed by atoms with Gasteiger partial charge in [-0.05, 0) is 24.7 Å². The van der Waals surface area contributed by atoms with Gasteiger partial charge in [-0.15, -0.1) is 0 Å². The lowest BCUT2D eigenvalue weighted by Crippen LogP contribution is -2.34. The lowest BCUT2D eigenvalue weighted by atomic mass is 9.75. The third kappa shape index (κ3) is 2.57. The summed E-state index contributed by atoms with van der Waals surface area (Å²) < 4.78 is 30.3. The van der Waals surface area contributed by atoms with Gasteiger partial charge in [-0.3, -0.25) is 9.59 Å². The maximum absolute atomic E-state index is 12.9. The van der Waals surface area contributed by atoms with Crippen LogP contribution in [0.5, 0.6) is 0 Å². The van der Waals surface area contributed by atoms with Crippen LogP contribution < -0.4 is 0 Å². The van der Waals surface area contributed by atoms with Gasteiger partial charge in [0.25, 0.3) is 0 Å². The molecule has 1 aliphatic carbocycles. The first kappa shape index (κ1) is 11.5. The number of carbonyl (C=O) groups is 2. The molecule has 1 heterocycles. The maximum Gasteiger partial charge on any atom is 0.313 e. The number of ether oxygens (including phenoxy) is 1. The lowest BCUT2D eigenvalue weighted by Gasteiger charge is -2.34. The van der Waals surface area contributed by atoms with E-state index < -0.39 is 17.9 Å². The molecule has 0 radical (unpaired) electrons. The number of alkyl halides is 2. The van der Waals surface area contributed by atoms with Crippen LogP contribution in [0.15, 0.2) is 0 Å². The Labute approximate surface area is 92.1 Å². The highest BCUT2D eigenvalue weighted by Gasteiger charge is 2.40. The second kappa shape index (κ2) is 4.11. The smallest absolute Gasteiger partial charge is 0.313 e. The van der Waals surface area contributed by atoms with Crippen LogP contribution in [0.4, 0.5) is 8.78 Å². The number of rotatable bonds is 1. The monoisotopic (exact) mass is 232 g/mol.